The minimum absolute atomic E-state index is 0.107. The van der Waals surface area contributed by atoms with Crippen LogP contribution in [0.5, 0.6) is 0 Å². The second kappa shape index (κ2) is 4.30. The van der Waals surface area contributed by atoms with E-state index in [1.54, 1.807) is 6.07 Å². The Morgan fingerprint density at radius 3 is 2.24 bits per heavy atom. The van der Waals surface area contributed by atoms with Gasteiger partial charge in [0.15, 0.2) is 0 Å². The van der Waals surface area contributed by atoms with Crippen molar-refractivity contribution in [2.24, 2.45) is 0 Å². The lowest BCUT2D eigenvalue weighted by molar-refractivity contribution is 0.625. The molecule has 17 heavy (non-hydrogen) atoms. The molecule has 0 spiro atoms. The fourth-order valence-corrected chi connectivity index (χ4v) is 2.07. The van der Waals surface area contributed by atoms with Crippen molar-refractivity contribution in [2.75, 3.05) is 5.73 Å². The first kappa shape index (κ1) is 11.8. The van der Waals surface area contributed by atoms with Gasteiger partial charge in [-0.25, -0.2) is 14.4 Å². The predicted octanol–water partition coefficient (Wildman–Crippen LogP) is 3.14. The molecular formula is C12H11ClFN3. The topological polar surface area (TPSA) is 51.8 Å². The van der Waals surface area contributed by atoms with Gasteiger partial charge in [-0.2, -0.15) is 0 Å². The maximum absolute atomic E-state index is 13.2. The van der Waals surface area contributed by atoms with E-state index >= 15 is 0 Å². The molecule has 0 aliphatic carbocycles. The van der Waals surface area contributed by atoms with Crippen molar-refractivity contribution in [3.05, 3.63) is 40.3 Å². The van der Waals surface area contributed by atoms with E-state index in [0.29, 0.717) is 5.69 Å². The minimum atomic E-state index is -0.267. The number of aromatic nitrogens is 2. The van der Waals surface area contributed by atoms with Gasteiger partial charge in [-0.15, -0.1) is 0 Å². The van der Waals surface area contributed by atoms with Gasteiger partial charge < -0.3 is 5.73 Å². The molecule has 0 unspecified atom stereocenters. The van der Waals surface area contributed by atoms with Gasteiger partial charge in [0.25, 0.3) is 0 Å². The number of halogens is 2. The highest BCUT2D eigenvalue weighted by atomic mass is 35.5. The number of hydrogen-bond acceptors (Lipinski definition) is 3. The number of anilines is 1. The van der Waals surface area contributed by atoms with Crippen molar-refractivity contribution < 1.29 is 4.39 Å². The number of aryl methyl sites for hydroxylation is 2. The highest BCUT2D eigenvalue weighted by Gasteiger charge is 2.11. The minimum Gasteiger partial charge on any atom is -0.368 e. The number of hydrogen-bond donors (Lipinski definition) is 1. The van der Waals surface area contributed by atoms with Crippen LogP contribution in [0.3, 0.4) is 0 Å². The maximum atomic E-state index is 13.2. The molecule has 2 N–H and O–H groups in total. The highest BCUT2D eigenvalue weighted by Crippen LogP contribution is 2.28. The normalized spacial score (nSPS) is 10.6. The molecule has 1 aromatic carbocycles. The molecule has 0 atom stereocenters. The molecule has 0 fully saturated rings. The second-order valence-electron chi connectivity index (χ2n) is 3.85. The van der Waals surface area contributed by atoms with Gasteiger partial charge in [-0.1, -0.05) is 11.6 Å². The van der Waals surface area contributed by atoms with Crippen LogP contribution >= 0.6 is 11.6 Å². The van der Waals surface area contributed by atoms with Gasteiger partial charge in [-0.3, -0.25) is 0 Å². The SMILES string of the molecule is Cc1cc(F)cc(C)c1-c1cc(Cl)nc(N)n1. The average molecular weight is 252 g/mol. The van der Waals surface area contributed by atoms with Crippen LogP contribution in [0.1, 0.15) is 11.1 Å². The average Bonchev–Trinajstić information content (AvgIpc) is 2.13. The Kier molecular flexibility index (Phi) is 2.98. The van der Waals surface area contributed by atoms with E-state index in [1.165, 1.54) is 12.1 Å². The van der Waals surface area contributed by atoms with Crippen molar-refractivity contribution >= 4 is 17.5 Å². The molecule has 0 aliphatic rings. The standard InChI is InChI=1S/C12H11ClFN3/c1-6-3-8(14)4-7(2)11(6)9-5-10(13)17-12(15)16-9/h3-5H,1-2H3,(H2,15,16,17). The highest BCUT2D eigenvalue weighted by molar-refractivity contribution is 6.29. The van der Waals surface area contributed by atoms with Crippen LogP contribution in [0.4, 0.5) is 10.3 Å². The zero-order chi connectivity index (χ0) is 12.6. The van der Waals surface area contributed by atoms with Gasteiger partial charge in [0, 0.05) is 11.6 Å². The molecule has 1 aromatic heterocycles. The molecule has 1 heterocycles. The third-order valence-electron chi connectivity index (χ3n) is 2.47. The Bertz CT molecular complexity index is 541. The van der Waals surface area contributed by atoms with Crippen molar-refractivity contribution in [3.63, 3.8) is 0 Å². The van der Waals surface area contributed by atoms with E-state index in [0.717, 1.165) is 16.7 Å². The number of nitrogen functional groups attached to an aromatic ring is 1. The van der Waals surface area contributed by atoms with Crippen LogP contribution < -0.4 is 5.73 Å². The van der Waals surface area contributed by atoms with Crippen LogP contribution in [0.25, 0.3) is 11.3 Å². The van der Waals surface area contributed by atoms with Crippen molar-refractivity contribution in [1.29, 1.82) is 0 Å². The lowest BCUT2D eigenvalue weighted by atomic mass is 9.99. The van der Waals surface area contributed by atoms with Crippen LogP contribution in [0, 0.1) is 19.7 Å². The Balaban J connectivity index is 2.68. The van der Waals surface area contributed by atoms with Crippen LogP contribution in [0.2, 0.25) is 5.15 Å². The Labute approximate surface area is 103 Å². The largest absolute Gasteiger partial charge is 0.368 e. The molecule has 2 aromatic rings. The maximum Gasteiger partial charge on any atom is 0.221 e. The first-order valence-corrected chi connectivity index (χ1v) is 5.42. The molecule has 0 saturated heterocycles. The zero-order valence-corrected chi connectivity index (χ0v) is 10.2. The summed E-state index contributed by atoms with van der Waals surface area (Å²) < 4.78 is 13.2. The molecule has 0 aliphatic heterocycles. The van der Waals surface area contributed by atoms with Gasteiger partial charge >= 0.3 is 0 Å². The Hall–Kier alpha value is -1.68. The molecule has 2 rings (SSSR count). The van der Waals surface area contributed by atoms with Crippen LogP contribution in [-0.4, -0.2) is 9.97 Å². The summed E-state index contributed by atoms with van der Waals surface area (Å²) in [5.74, 6) is -0.160. The fraction of sp³-hybridized carbons (Fsp3) is 0.167. The smallest absolute Gasteiger partial charge is 0.221 e. The van der Waals surface area contributed by atoms with E-state index < -0.39 is 0 Å². The molecular weight excluding hydrogens is 241 g/mol. The third kappa shape index (κ3) is 2.36. The van der Waals surface area contributed by atoms with E-state index in [9.17, 15) is 4.39 Å². The van der Waals surface area contributed by atoms with Gasteiger partial charge in [0.1, 0.15) is 11.0 Å². The monoisotopic (exact) mass is 251 g/mol. The summed E-state index contributed by atoms with van der Waals surface area (Å²) in [6, 6.07) is 4.52. The molecule has 0 radical (unpaired) electrons. The molecule has 3 nitrogen and oxygen atoms in total. The summed E-state index contributed by atoms with van der Waals surface area (Å²) in [6.07, 6.45) is 0. The zero-order valence-electron chi connectivity index (χ0n) is 9.46. The Morgan fingerprint density at radius 1 is 1.12 bits per heavy atom. The molecule has 0 saturated carbocycles. The fourth-order valence-electron chi connectivity index (χ4n) is 1.88. The molecule has 88 valence electrons. The van der Waals surface area contributed by atoms with Crippen molar-refractivity contribution in [1.82, 2.24) is 9.97 Å². The summed E-state index contributed by atoms with van der Waals surface area (Å²) in [5.41, 5.74) is 8.57. The van der Waals surface area contributed by atoms with E-state index in [1.807, 2.05) is 13.8 Å². The van der Waals surface area contributed by atoms with E-state index in [-0.39, 0.29) is 16.9 Å². The first-order valence-electron chi connectivity index (χ1n) is 5.04. The second-order valence-corrected chi connectivity index (χ2v) is 4.24. The van der Waals surface area contributed by atoms with Crippen LogP contribution in [0.15, 0.2) is 18.2 Å². The number of rotatable bonds is 1. The molecule has 0 bridgehead atoms. The lowest BCUT2D eigenvalue weighted by Gasteiger charge is -2.10. The molecule has 5 heteroatoms. The van der Waals surface area contributed by atoms with Crippen molar-refractivity contribution in [2.45, 2.75) is 13.8 Å². The summed E-state index contributed by atoms with van der Waals surface area (Å²) >= 11 is 5.83. The van der Waals surface area contributed by atoms with Crippen LogP contribution in [-0.2, 0) is 0 Å². The lowest BCUT2D eigenvalue weighted by Crippen LogP contribution is -1.99. The summed E-state index contributed by atoms with van der Waals surface area (Å²) in [5, 5.41) is 0.274. The number of nitrogens with zero attached hydrogens (tertiary/aromatic N) is 2. The number of benzene rings is 1. The first-order chi connectivity index (χ1) is 7.97. The summed E-state index contributed by atoms with van der Waals surface area (Å²) in [6.45, 7) is 3.63. The van der Waals surface area contributed by atoms with Gasteiger partial charge in [0.2, 0.25) is 5.95 Å². The van der Waals surface area contributed by atoms with Crippen molar-refractivity contribution in [3.8, 4) is 11.3 Å². The summed E-state index contributed by atoms with van der Waals surface area (Å²) in [4.78, 5) is 7.91. The number of nitrogens with two attached hydrogens (primary N) is 1. The third-order valence-corrected chi connectivity index (χ3v) is 2.66. The quantitative estimate of drug-likeness (QED) is 0.793. The predicted molar refractivity (Wildman–Crippen MR) is 66.3 cm³/mol. The van der Waals surface area contributed by atoms with Gasteiger partial charge in [-0.05, 0) is 37.1 Å². The van der Waals surface area contributed by atoms with Gasteiger partial charge in [0.05, 0.1) is 5.69 Å². The van der Waals surface area contributed by atoms with E-state index in [4.69, 9.17) is 17.3 Å². The molecule has 0 amide bonds. The summed E-state index contributed by atoms with van der Waals surface area (Å²) in [7, 11) is 0. The van der Waals surface area contributed by atoms with E-state index in [2.05, 4.69) is 9.97 Å². The Morgan fingerprint density at radius 2 is 1.71 bits per heavy atom.